The molecule has 2 aromatic rings. The number of alkyl halides is 5. The third-order valence-electron chi connectivity index (χ3n) is 2.89. The Kier molecular flexibility index (Phi) is 5.43. The van der Waals surface area contributed by atoms with Gasteiger partial charge in [0.1, 0.15) is 5.75 Å². The van der Waals surface area contributed by atoms with E-state index in [9.17, 15) is 30.4 Å². The second-order valence-corrected chi connectivity index (χ2v) is 6.74. The first-order valence-electron chi connectivity index (χ1n) is 6.43. The first kappa shape index (κ1) is 19.3. The number of sulfonamides is 1. The van der Waals surface area contributed by atoms with E-state index in [2.05, 4.69) is 9.46 Å². The maximum absolute atomic E-state index is 12.5. The number of hydrogen-bond acceptors (Lipinski definition) is 3. The minimum Gasteiger partial charge on any atom is -0.433 e. The molecule has 0 saturated carbocycles. The standard InChI is InChI=1S/C14H9ClF5NO3S/c15-11-7-9(3-6-12(11)24-13(16)17)21-25(22,23)10-4-1-8(2-5-10)14(18,19)20/h1-7,13,21H. The lowest BCUT2D eigenvalue weighted by Crippen LogP contribution is -2.14. The molecule has 136 valence electrons. The zero-order valence-electron chi connectivity index (χ0n) is 12.0. The predicted octanol–water partition coefficient (Wildman–Crippen LogP) is 4.76. The first-order chi connectivity index (χ1) is 11.5. The van der Waals surface area contributed by atoms with E-state index < -0.39 is 33.3 Å². The first-order valence-corrected chi connectivity index (χ1v) is 8.29. The largest absolute Gasteiger partial charge is 0.433 e. The third kappa shape index (κ3) is 4.95. The van der Waals surface area contributed by atoms with Crippen LogP contribution in [0.15, 0.2) is 47.4 Å². The van der Waals surface area contributed by atoms with Gasteiger partial charge in [0.05, 0.1) is 21.2 Å². The number of halogens is 6. The molecule has 0 bridgehead atoms. The summed E-state index contributed by atoms with van der Waals surface area (Å²) in [6, 6.07) is 6.01. The summed E-state index contributed by atoms with van der Waals surface area (Å²) in [5, 5.41) is -0.270. The molecule has 25 heavy (non-hydrogen) atoms. The highest BCUT2D eigenvalue weighted by molar-refractivity contribution is 7.92. The highest BCUT2D eigenvalue weighted by Crippen LogP contribution is 2.31. The Morgan fingerprint density at radius 2 is 1.64 bits per heavy atom. The minimum absolute atomic E-state index is 0.0773. The van der Waals surface area contributed by atoms with Gasteiger partial charge in [-0.3, -0.25) is 4.72 Å². The summed E-state index contributed by atoms with van der Waals surface area (Å²) in [7, 11) is -4.19. The van der Waals surface area contributed by atoms with Gasteiger partial charge >= 0.3 is 12.8 Å². The number of benzene rings is 2. The Balaban J connectivity index is 2.22. The Labute approximate surface area is 144 Å². The van der Waals surface area contributed by atoms with Crippen LogP contribution in [0, 0.1) is 0 Å². The summed E-state index contributed by atoms with van der Waals surface area (Å²) >= 11 is 5.70. The van der Waals surface area contributed by atoms with Gasteiger partial charge in [-0.1, -0.05) is 11.6 Å². The number of hydrogen-bond donors (Lipinski definition) is 1. The van der Waals surface area contributed by atoms with Crippen LogP contribution in [0.5, 0.6) is 5.75 Å². The normalized spacial score (nSPS) is 12.3. The smallest absolute Gasteiger partial charge is 0.416 e. The lowest BCUT2D eigenvalue weighted by Gasteiger charge is -2.12. The maximum atomic E-state index is 12.5. The molecule has 2 aromatic carbocycles. The molecular weight excluding hydrogens is 393 g/mol. The monoisotopic (exact) mass is 401 g/mol. The molecule has 0 unspecified atom stereocenters. The fourth-order valence-electron chi connectivity index (χ4n) is 1.79. The highest BCUT2D eigenvalue weighted by atomic mass is 35.5. The second-order valence-electron chi connectivity index (χ2n) is 4.65. The van der Waals surface area contributed by atoms with Crippen molar-refractivity contribution in [1.82, 2.24) is 0 Å². The Morgan fingerprint density at radius 3 is 2.12 bits per heavy atom. The lowest BCUT2D eigenvalue weighted by atomic mass is 10.2. The summed E-state index contributed by atoms with van der Waals surface area (Å²) in [4.78, 5) is -0.412. The van der Waals surface area contributed by atoms with Crippen molar-refractivity contribution >= 4 is 27.3 Å². The van der Waals surface area contributed by atoms with Gasteiger partial charge in [0, 0.05) is 0 Å². The molecule has 1 N–H and O–H groups in total. The number of nitrogens with one attached hydrogen (secondary N) is 1. The van der Waals surface area contributed by atoms with E-state index in [1.165, 1.54) is 0 Å². The zero-order valence-corrected chi connectivity index (χ0v) is 13.6. The average Bonchev–Trinajstić information content (AvgIpc) is 2.48. The molecule has 0 aromatic heterocycles. The maximum Gasteiger partial charge on any atom is 0.416 e. The molecule has 0 aliphatic carbocycles. The van der Waals surface area contributed by atoms with Crippen molar-refractivity contribution in [2.75, 3.05) is 4.72 Å². The Hall–Kier alpha value is -2.07. The van der Waals surface area contributed by atoms with Crippen LogP contribution < -0.4 is 9.46 Å². The van der Waals surface area contributed by atoms with Crippen molar-refractivity contribution in [2.24, 2.45) is 0 Å². The predicted molar refractivity (Wildman–Crippen MR) is 80.3 cm³/mol. The van der Waals surface area contributed by atoms with E-state index in [1.54, 1.807) is 0 Å². The van der Waals surface area contributed by atoms with Crippen molar-refractivity contribution in [3.63, 3.8) is 0 Å². The van der Waals surface area contributed by atoms with Gasteiger partial charge in [0.25, 0.3) is 10.0 Å². The van der Waals surface area contributed by atoms with E-state index in [0.29, 0.717) is 12.1 Å². The van der Waals surface area contributed by atoms with Gasteiger partial charge in [-0.25, -0.2) is 8.42 Å². The average molecular weight is 402 g/mol. The number of anilines is 1. The van der Waals surface area contributed by atoms with E-state index in [0.717, 1.165) is 30.3 Å². The molecule has 2 rings (SSSR count). The molecule has 0 atom stereocenters. The topological polar surface area (TPSA) is 55.4 Å². The fraction of sp³-hybridized carbons (Fsp3) is 0.143. The highest BCUT2D eigenvalue weighted by Gasteiger charge is 2.30. The summed E-state index contributed by atoms with van der Waals surface area (Å²) in [5.41, 5.74) is -1.07. The van der Waals surface area contributed by atoms with Gasteiger partial charge in [-0.05, 0) is 42.5 Å². The summed E-state index contributed by atoms with van der Waals surface area (Å²) in [6.07, 6.45) is -4.59. The third-order valence-corrected chi connectivity index (χ3v) is 4.58. The van der Waals surface area contributed by atoms with Crippen LogP contribution in [0.2, 0.25) is 5.02 Å². The quantitative estimate of drug-likeness (QED) is 0.735. The van der Waals surface area contributed by atoms with Gasteiger partial charge in [-0.15, -0.1) is 0 Å². The van der Waals surface area contributed by atoms with E-state index in [1.807, 2.05) is 0 Å². The zero-order chi connectivity index (χ0) is 18.8. The van der Waals surface area contributed by atoms with E-state index >= 15 is 0 Å². The SMILES string of the molecule is O=S(=O)(Nc1ccc(OC(F)F)c(Cl)c1)c1ccc(C(F)(F)F)cc1. The molecular formula is C14H9ClF5NO3S. The second kappa shape index (κ2) is 7.04. The minimum atomic E-state index is -4.59. The van der Waals surface area contributed by atoms with Crippen molar-refractivity contribution in [3.8, 4) is 5.75 Å². The fourth-order valence-corrected chi connectivity index (χ4v) is 3.07. The van der Waals surface area contributed by atoms with E-state index in [4.69, 9.17) is 11.6 Å². The molecule has 0 heterocycles. The van der Waals surface area contributed by atoms with Crippen LogP contribution in [0.4, 0.5) is 27.6 Å². The molecule has 4 nitrogen and oxygen atoms in total. The summed E-state index contributed by atoms with van der Waals surface area (Å²) < 4.78 is 92.2. The van der Waals surface area contributed by atoms with Gasteiger partial charge in [-0.2, -0.15) is 22.0 Å². The van der Waals surface area contributed by atoms with Crippen LogP contribution >= 0.6 is 11.6 Å². The number of ether oxygens (including phenoxy) is 1. The van der Waals surface area contributed by atoms with Crippen molar-refractivity contribution in [2.45, 2.75) is 17.7 Å². The van der Waals surface area contributed by atoms with Gasteiger partial charge in [0.2, 0.25) is 0 Å². The molecule has 0 aliphatic rings. The van der Waals surface area contributed by atoms with Crippen LogP contribution in [-0.4, -0.2) is 15.0 Å². The molecule has 0 aliphatic heterocycles. The Morgan fingerprint density at radius 1 is 1.04 bits per heavy atom. The van der Waals surface area contributed by atoms with Crippen LogP contribution in [0.25, 0.3) is 0 Å². The molecule has 0 spiro atoms. The van der Waals surface area contributed by atoms with Gasteiger partial charge in [0.15, 0.2) is 0 Å². The molecule has 0 saturated heterocycles. The molecule has 0 radical (unpaired) electrons. The summed E-state index contributed by atoms with van der Waals surface area (Å²) in [6.45, 7) is -3.10. The molecule has 0 amide bonds. The van der Waals surface area contributed by atoms with Crippen molar-refractivity contribution < 1.29 is 35.1 Å². The van der Waals surface area contributed by atoms with Crippen LogP contribution in [-0.2, 0) is 16.2 Å². The number of rotatable bonds is 5. The van der Waals surface area contributed by atoms with E-state index in [-0.39, 0.29) is 16.5 Å². The van der Waals surface area contributed by atoms with Crippen LogP contribution in [0.1, 0.15) is 5.56 Å². The van der Waals surface area contributed by atoms with Crippen LogP contribution in [0.3, 0.4) is 0 Å². The summed E-state index contributed by atoms with van der Waals surface area (Å²) in [5.74, 6) is -0.353. The van der Waals surface area contributed by atoms with Crippen molar-refractivity contribution in [3.05, 3.63) is 53.1 Å². The molecule has 0 fully saturated rings. The lowest BCUT2D eigenvalue weighted by molar-refractivity contribution is -0.137. The molecule has 11 heteroatoms. The van der Waals surface area contributed by atoms with Gasteiger partial charge < -0.3 is 4.74 Å². The Bertz CT molecular complexity index is 854. The van der Waals surface area contributed by atoms with Crippen molar-refractivity contribution in [1.29, 1.82) is 0 Å².